The maximum absolute atomic E-state index is 4.05. The van der Waals surface area contributed by atoms with Gasteiger partial charge in [-0.2, -0.15) is 5.10 Å². The number of aromatic amines is 1. The largest absolute Gasteiger partial charge is 0.305 e. The minimum absolute atomic E-state index is 0.350. The summed E-state index contributed by atoms with van der Waals surface area (Å²) in [5, 5.41) is 10.7. The van der Waals surface area contributed by atoms with Crippen LogP contribution in [0.25, 0.3) is 0 Å². The fourth-order valence-corrected chi connectivity index (χ4v) is 2.28. The van der Waals surface area contributed by atoms with Crippen LogP contribution >= 0.6 is 0 Å². The molecule has 1 atom stereocenters. The van der Waals surface area contributed by atoms with Gasteiger partial charge in [0.15, 0.2) is 0 Å². The highest BCUT2D eigenvalue weighted by atomic mass is 15.1. The lowest BCUT2D eigenvalue weighted by molar-refractivity contribution is 0.536. The number of nitrogens with zero attached hydrogens (tertiary/aromatic N) is 1. The van der Waals surface area contributed by atoms with E-state index in [1.54, 1.807) is 0 Å². The SMILES string of the molecule is CCCNC(C1=CCCCC1)c1ccn[nH]1. The summed E-state index contributed by atoms with van der Waals surface area (Å²) < 4.78 is 0. The molecule has 0 aliphatic heterocycles. The molecule has 0 aromatic carbocycles. The first kappa shape index (κ1) is 11.4. The summed E-state index contributed by atoms with van der Waals surface area (Å²) >= 11 is 0. The van der Waals surface area contributed by atoms with E-state index < -0.39 is 0 Å². The number of hydrogen-bond acceptors (Lipinski definition) is 2. The molecule has 3 heteroatoms. The lowest BCUT2D eigenvalue weighted by Gasteiger charge is -2.23. The minimum Gasteiger partial charge on any atom is -0.305 e. The summed E-state index contributed by atoms with van der Waals surface area (Å²) in [5.41, 5.74) is 2.73. The van der Waals surface area contributed by atoms with Gasteiger partial charge in [0, 0.05) is 6.20 Å². The van der Waals surface area contributed by atoms with Crippen LogP contribution in [0.4, 0.5) is 0 Å². The third-order valence-electron chi connectivity index (χ3n) is 3.13. The molecule has 0 saturated heterocycles. The third kappa shape index (κ3) is 2.73. The Kier molecular flexibility index (Phi) is 4.17. The monoisotopic (exact) mass is 219 g/mol. The Labute approximate surface area is 97.3 Å². The van der Waals surface area contributed by atoms with Crippen molar-refractivity contribution >= 4 is 0 Å². The van der Waals surface area contributed by atoms with Gasteiger partial charge in [-0.05, 0) is 44.7 Å². The normalized spacial score (nSPS) is 18.2. The fourth-order valence-electron chi connectivity index (χ4n) is 2.28. The topological polar surface area (TPSA) is 40.7 Å². The molecule has 0 saturated carbocycles. The first-order valence-electron chi connectivity index (χ1n) is 6.33. The van der Waals surface area contributed by atoms with E-state index in [4.69, 9.17) is 0 Å². The van der Waals surface area contributed by atoms with E-state index in [9.17, 15) is 0 Å². The summed E-state index contributed by atoms with van der Waals surface area (Å²) in [6, 6.07) is 2.42. The van der Waals surface area contributed by atoms with Crippen LogP contribution < -0.4 is 5.32 Å². The van der Waals surface area contributed by atoms with Crippen molar-refractivity contribution in [3.8, 4) is 0 Å². The zero-order chi connectivity index (χ0) is 11.2. The molecule has 0 spiro atoms. The molecule has 0 radical (unpaired) electrons. The number of aromatic nitrogens is 2. The predicted molar refractivity (Wildman–Crippen MR) is 66.2 cm³/mol. The lowest BCUT2D eigenvalue weighted by Crippen LogP contribution is -2.25. The molecule has 16 heavy (non-hydrogen) atoms. The van der Waals surface area contributed by atoms with Crippen molar-refractivity contribution in [2.24, 2.45) is 0 Å². The van der Waals surface area contributed by atoms with Gasteiger partial charge in [0.25, 0.3) is 0 Å². The number of nitrogens with one attached hydrogen (secondary N) is 2. The molecule has 1 heterocycles. The predicted octanol–water partition coefficient (Wildman–Crippen LogP) is 2.95. The Morgan fingerprint density at radius 3 is 3.06 bits per heavy atom. The summed E-state index contributed by atoms with van der Waals surface area (Å²) in [4.78, 5) is 0. The van der Waals surface area contributed by atoms with Gasteiger partial charge in [0.1, 0.15) is 0 Å². The molecule has 3 nitrogen and oxygen atoms in total. The number of allylic oxidation sites excluding steroid dienone is 1. The second kappa shape index (κ2) is 5.85. The molecule has 0 amide bonds. The van der Waals surface area contributed by atoms with Crippen molar-refractivity contribution in [3.05, 3.63) is 29.6 Å². The number of hydrogen-bond donors (Lipinski definition) is 2. The first-order chi connectivity index (χ1) is 7.92. The van der Waals surface area contributed by atoms with Crippen LogP contribution in [0.1, 0.15) is 50.8 Å². The molecule has 1 aliphatic carbocycles. The van der Waals surface area contributed by atoms with Crippen LogP contribution in [-0.2, 0) is 0 Å². The van der Waals surface area contributed by atoms with Crippen LogP contribution in [-0.4, -0.2) is 16.7 Å². The zero-order valence-corrected chi connectivity index (χ0v) is 10.00. The van der Waals surface area contributed by atoms with E-state index in [1.807, 2.05) is 6.20 Å². The maximum Gasteiger partial charge on any atom is 0.0705 e. The summed E-state index contributed by atoms with van der Waals surface area (Å²) in [6.45, 7) is 3.26. The Balaban J connectivity index is 2.10. The van der Waals surface area contributed by atoms with Gasteiger partial charge in [-0.15, -0.1) is 0 Å². The van der Waals surface area contributed by atoms with Gasteiger partial charge in [-0.25, -0.2) is 0 Å². The lowest BCUT2D eigenvalue weighted by atomic mass is 9.92. The molecule has 88 valence electrons. The first-order valence-corrected chi connectivity index (χ1v) is 6.33. The van der Waals surface area contributed by atoms with Gasteiger partial charge >= 0.3 is 0 Å². The molecular weight excluding hydrogens is 198 g/mol. The molecule has 2 N–H and O–H groups in total. The standard InChI is InChI=1S/C13H21N3/c1-2-9-14-13(12-8-10-15-16-12)11-6-4-3-5-7-11/h6,8,10,13-14H,2-5,7,9H2,1H3,(H,15,16). The van der Waals surface area contributed by atoms with Crippen LogP contribution in [0, 0.1) is 0 Å². The van der Waals surface area contributed by atoms with Crippen molar-refractivity contribution in [1.82, 2.24) is 15.5 Å². The molecule has 1 aromatic heterocycles. The van der Waals surface area contributed by atoms with E-state index in [-0.39, 0.29) is 0 Å². The van der Waals surface area contributed by atoms with E-state index in [2.05, 4.69) is 34.6 Å². The van der Waals surface area contributed by atoms with Gasteiger partial charge < -0.3 is 5.32 Å². The molecule has 2 rings (SSSR count). The van der Waals surface area contributed by atoms with Crippen molar-refractivity contribution in [1.29, 1.82) is 0 Å². The van der Waals surface area contributed by atoms with E-state index in [1.165, 1.54) is 37.0 Å². The van der Waals surface area contributed by atoms with E-state index in [0.717, 1.165) is 13.0 Å². The highest BCUT2D eigenvalue weighted by molar-refractivity contribution is 5.22. The van der Waals surface area contributed by atoms with E-state index >= 15 is 0 Å². The Morgan fingerprint density at radius 1 is 1.50 bits per heavy atom. The van der Waals surface area contributed by atoms with Crippen LogP contribution in [0.5, 0.6) is 0 Å². The highest BCUT2D eigenvalue weighted by Gasteiger charge is 2.18. The third-order valence-corrected chi connectivity index (χ3v) is 3.13. The molecular formula is C13H21N3. The second-order valence-electron chi connectivity index (χ2n) is 4.42. The van der Waals surface area contributed by atoms with Gasteiger partial charge in [0.05, 0.1) is 11.7 Å². The van der Waals surface area contributed by atoms with Crippen molar-refractivity contribution in [2.75, 3.05) is 6.54 Å². The smallest absolute Gasteiger partial charge is 0.0705 e. The average Bonchev–Trinajstić information content (AvgIpc) is 2.85. The maximum atomic E-state index is 4.05. The summed E-state index contributed by atoms with van der Waals surface area (Å²) in [7, 11) is 0. The highest BCUT2D eigenvalue weighted by Crippen LogP contribution is 2.28. The van der Waals surface area contributed by atoms with Crippen molar-refractivity contribution in [3.63, 3.8) is 0 Å². The van der Waals surface area contributed by atoms with Gasteiger partial charge in [-0.1, -0.05) is 18.6 Å². The summed E-state index contributed by atoms with van der Waals surface area (Å²) in [6.07, 6.45) is 10.5. The van der Waals surface area contributed by atoms with Crippen LogP contribution in [0.2, 0.25) is 0 Å². The molecule has 0 bridgehead atoms. The van der Waals surface area contributed by atoms with Crippen molar-refractivity contribution in [2.45, 2.75) is 45.1 Å². The Morgan fingerprint density at radius 2 is 2.44 bits per heavy atom. The minimum atomic E-state index is 0.350. The Hall–Kier alpha value is -1.09. The molecule has 0 fully saturated rings. The Bertz CT molecular complexity index is 327. The van der Waals surface area contributed by atoms with Gasteiger partial charge in [-0.3, -0.25) is 5.10 Å². The second-order valence-corrected chi connectivity index (χ2v) is 4.42. The van der Waals surface area contributed by atoms with Crippen molar-refractivity contribution < 1.29 is 0 Å². The average molecular weight is 219 g/mol. The van der Waals surface area contributed by atoms with Crippen LogP contribution in [0.15, 0.2) is 23.9 Å². The van der Waals surface area contributed by atoms with Gasteiger partial charge in [0.2, 0.25) is 0 Å². The molecule has 1 unspecified atom stereocenters. The van der Waals surface area contributed by atoms with E-state index in [0.29, 0.717) is 6.04 Å². The summed E-state index contributed by atoms with van der Waals surface area (Å²) in [5.74, 6) is 0. The zero-order valence-electron chi connectivity index (χ0n) is 10.00. The molecule has 1 aromatic rings. The number of H-pyrrole nitrogens is 1. The van der Waals surface area contributed by atoms with Crippen LogP contribution in [0.3, 0.4) is 0 Å². The fraction of sp³-hybridized carbons (Fsp3) is 0.615. The molecule has 1 aliphatic rings. The number of rotatable bonds is 5. The quantitative estimate of drug-likeness (QED) is 0.747.